The van der Waals surface area contributed by atoms with Crippen LogP contribution >= 0.6 is 0 Å². The minimum absolute atomic E-state index is 0.829. The van der Waals surface area contributed by atoms with Gasteiger partial charge in [0.15, 0.2) is 0 Å². The van der Waals surface area contributed by atoms with E-state index in [0.29, 0.717) is 0 Å². The minimum atomic E-state index is 0.829. The number of rotatable bonds is 2. The van der Waals surface area contributed by atoms with Gasteiger partial charge in [-0.2, -0.15) is 0 Å². The summed E-state index contributed by atoms with van der Waals surface area (Å²) in [4.78, 5) is 0. The molecule has 1 heteroatoms. The third-order valence-electron chi connectivity index (χ3n) is 5.18. The van der Waals surface area contributed by atoms with Gasteiger partial charge < -0.3 is 5.32 Å². The second kappa shape index (κ2) is 4.86. The molecule has 1 N–H and O–H groups in total. The van der Waals surface area contributed by atoms with Crippen LogP contribution in [-0.4, -0.2) is 13.1 Å². The molecule has 0 amide bonds. The smallest absolute Gasteiger partial charge is 0.00949 e. The SMILES string of the molecule is CNC1CCCC1C1CCC(C)C(C)C1. The van der Waals surface area contributed by atoms with Crippen molar-refractivity contribution in [3.05, 3.63) is 0 Å². The molecule has 0 bridgehead atoms. The Morgan fingerprint density at radius 3 is 2.40 bits per heavy atom. The van der Waals surface area contributed by atoms with Gasteiger partial charge in [-0.25, -0.2) is 0 Å². The van der Waals surface area contributed by atoms with Crippen LogP contribution in [0.4, 0.5) is 0 Å². The van der Waals surface area contributed by atoms with Crippen LogP contribution in [0.15, 0.2) is 0 Å². The van der Waals surface area contributed by atoms with E-state index in [9.17, 15) is 0 Å². The molecule has 0 aliphatic heterocycles. The van der Waals surface area contributed by atoms with Crippen molar-refractivity contribution in [3.63, 3.8) is 0 Å². The summed E-state index contributed by atoms with van der Waals surface area (Å²) in [5.41, 5.74) is 0. The normalized spacial score (nSPS) is 47.0. The summed E-state index contributed by atoms with van der Waals surface area (Å²) >= 11 is 0. The highest BCUT2D eigenvalue weighted by Gasteiger charge is 2.36. The highest BCUT2D eigenvalue weighted by Crippen LogP contribution is 2.42. The zero-order chi connectivity index (χ0) is 10.8. The lowest BCUT2D eigenvalue weighted by atomic mass is 9.70. The summed E-state index contributed by atoms with van der Waals surface area (Å²) in [5.74, 6) is 3.94. The summed E-state index contributed by atoms with van der Waals surface area (Å²) in [6, 6.07) is 0.829. The Morgan fingerprint density at radius 2 is 1.73 bits per heavy atom. The van der Waals surface area contributed by atoms with E-state index in [4.69, 9.17) is 0 Å². The van der Waals surface area contributed by atoms with Gasteiger partial charge >= 0.3 is 0 Å². The standard InChI is InChI=1S/C14H27N/c1-10-7-8-12(9-11(10)2)13-5-4-6-14(13)15-3/h10-15H,4-9H2,1-3H3. The first kappa shape index (κ1) is 11.4. The van der Waals surface area contributed by atoms with Gasteiger partial charge in [0, 0.05) is 6.04 Å². The second-order valence-electron chi connectivity index (χ2n) is 6.02. The largest absolute Gasteiger partial charge is 0.317 e. The number of nitrogens with one attached hydrogen (secondary N) is 1. The van der Waals surface area contributed by atoms with Crippen molar-refractivity contribution >= 4 is 0 Å². The Hall–Kier alpha value is -0.0400. The Kier molecular flexibility index (Phi) is 3.71. The molecular formula is C14H27N. The summed E-state index contributed by atoms with van der Waals surface area (Å²) in [5, 5.41) is 3.54. The van der Waals surface area contributed by atoms with Crippen LogP contribution in [-0.2, 0) is 0 Å². The maximum absolute atomic E-state index is 3.54. The van der Waals surface area contributed by atoms with Crippen molar-refractivity contribution < 1.29 is 0 Å². The van der Waals surface area contributed by atoms with Gasteiger partial charge in [-0.3, -0.25) is 0 Å². The van der Waals surface area contributed by atoms with E-state index in [1.807, 2.05) is 0 Å². The molecule has 2 aliphatic rings. The van der Waals surface area contributed by atoms with Gasteiger partial charge in [-0.05, 0) is 56.4 Å². The highest BCUT2D eigenvalue weighted by molar-refractivity contribution is 4.89. The van der Waals surface area contributed by atoms with Gasteiger partial charge in [0.2, 0.25) is 0 Å². The predicted octanol–water partition coefficient (Wildman–Crippen LogP) is 3.45. The van der Waals surface area contributed by atoms with Gasteiger partial charge in [0.25, 0.3) is 0 Å². The fraction of sp³-hybridized carbons (Fsp3) is 1.00. The van der Waals surface area contributed by atoms with Gasteiger partial charge in [-0.1, -0.05) is 26.7 Å². The van der Waals surface area contributed by atoms with E-state index in [-0.39, 0.29) is 0 Å². The quantitative estimate of drug-likeness (QED) is 0.734. The molecule has 0 aromatic carbocycles. The minimum Gasteiger partial charge on any atom is -0.317 e. The topological polar surface area (TPSA) is 12.0 Å². The molecule has 0 heterocycles. The highest BCUT2D eigenvalue weighted by atomic mass is 14.9. The van der Waals surface area contributed by atoms with Crippen LogP contribution in [0.5, 0.6) is 0 Å². The van der Waals surface area contributed by atoms with E-state index in [1.54, 1.807) is 0 Å². The van der Waals surface area contributed by atoms with Crippen molar-refractivity contribution in [3.8, 4) is 0 Å². The lowest BCUT2D eigenvalue weighted by Crippen LogP contribution is -2.36. The lowest BCUT2D eigenvalue weighted by Gasteiger charge is -2.37. The monoisotopic (exact) mass is 209 g/mol. The van der Waals surface area contributed by atoms with Crippen molar-refractivity contribution in [2.75, 3.05) is 7.05 Å². The summed E-state index contributed by atoms with van der Waals surface area (Å²) in [6.45, 7) is 4.89. The first-order chi connectivity index (χ1) is 7.22. The van der Waals surface area contributed by atoms with E-state index in [1.165, 1.54) is 38.5 Å². The van der Waals surface area contributed by atoms with Crippen LogP contribution < -0.4 is 5.32 Å². The molecule has 5 unspecified atom stereocenters. The molecule has 0 aromatic heterocycles. The molecule has 2 rings (SSSR count). The molecule has 0 saturated heterocycles. The van der Waals surface area contributed by atoms with Crippen molar-refractivity contribution in [1.29, 1.82) is 0 Å². The fourth-order valence-corrected chi connectivity index (χ4v) is 3.89. The summed E-state index contributed by atoms with van der Waals surface area (Å²) < 4.78 is 0. The molecule has 0 aromatic rings. The number of hydrogen-bond acceptors (Lipinski definition) is 1. The lowest BCUT2D eigenvalue weighted by molar-refractivity contribution is 0.144. The van der Waals surface area contributed by atoms with Crippen molar-refractivity contribution in [1.82, 2.24) is 5.32 Å². The van der Waals surface area contributed by atoms with E-state index < -0.39 is 0 Å². The molecular weight excluding hydrogens is 182 g/mol. The maximum Gasteiger partial charge on any atom is 0.00949 e. The summed E-state index contributed by atoms with van der Waals surface area (Å²) in [6.07, 6.45) is 8.81. The van der Waals surface area contributed by atoms with Crippen LogP contribution in [0.3, 0.4) is 0 Å². The Bertz CT molecular complexity index is 202. The molecule has 15 heavy (non-hydrogen) atoms. The molecule has 2 saturated carbocycles. The zero-order valence-electron chi connectivity index (χ0n) is 10.6. The Labute approximate surface area is 95.0 Å². The van der Waals surface area contributed by atoms with E-state index >= 15 is 0 Å². The average Bonchev–Trinajstić information content (AvgIpc) is 2.70. The average molecular weight is 209 g/mol. The van der Waals surface area contributed by atoms with Crippen LogP contribution in [0.2, 0.25) is 0 Å². The molecule has 0 radical (unpaired) electrons. The second-order valence-corrected chi connectivity index (χ2v) is 6.02. The van der Waals surface area contributed by atoms with Gasteiger partial charge in [0.1, 0.15) is 0 Å². The van der Waals surface area contributed by atoms with Crippen LogP contribution in [0.25, 0.3) is 0 Å². The Morgan fingerprint density at radius 1 is 0.933 bits per heavy atom. The third-order valence-corrected chi connectivity index (χ3v) is 5.18. The summed E-state index contributed by atoms with van der Waals surface area (Å²) in [7, 11) is 2.15. The third kappa shape index (κ3) is 2.38. The first-order valence-corrected chi connectivity index (χ1v) is 6.89. The first-order valence-electron chi connectivity index (χ1n) is 6.89. The van der Waals surface area contributed by atoms with Crippen molar-refractivity contribution in [2.24, 2.45) is 23.7 Å². The Balaban J connectivity index is 1.93. The molecule has 2 aliphatic carbocycles. The van der Waals surface area contributed by atoms with Crippen molar-refractivity contribution in [2.45, 2.75) is 58.4 Å². The fourth-order valence-electron chi connectivity index (χ4n) is 3.89. The van der Waals surface area contributed by atoms with Crippen LogP contribution in [0, 0.1) is 23.7 Å². The molecule has 88 valence electrons. The maximum atomic E-state index is 3.54. The molecule has 2 fully saturated rings. The predicted molar refractivity (Wildman–Crippen MR) is 65.9 cm³/mol. The van der Waals surface area contributed by atoms with E-state index in [2.05, 4.69) is 26.2 Å². The zero-order valence-corrected chi connectivity index (χ0v) is 10.6. The number of hydrogen-bond donors (Lipinski definition) is 1. The van der Waals surface area contributed by atoms with Crippen LogP contribution in [0.1, 0.15) is 52.4 Å². The van der Waals surface area contributed by atoms with E-state index in [0.717, 1.165) is 29.7 Å². The molecule has 0 spiro atoms. The molecule has 5 atom stereocenters. The molecule has 1 nitrogen and oxygen atoms in total. The van der Waals surface area contributed by atoms with Gasteiger partial charge in [0.05, 0.1) is 0 Å². The van der Waals surface area contributed by atoms with Gasteiger partial charge in [-0.15, -0.1) is 0 Å².